The van der Waals surface area contributed by atoms with Crippen LogP contribution in [-0.4, -0.2) is 33.8 Å². The van der Waals surface area contributed by atoms with E-state index in [0.29, 0.717) is 17.5 Å². The summed E-state index contributed by atoms with van der Waals surface area (Å²) in [4.78, 5) is 11.6. The second kappa shape index (κ2) is 5.13. The van der Waals surface area contributed by atoms with Crippen LogP contribution < -0.4 is 10.6 Å². The molecule has 1 unspecified atom stereocenters. The van der Waals surface area contributed by atoms with E-state index in [1.807, 2.05) is 0 Å². The number of aromatic nitrogens is 3. The molecule has 7 heteroatoms. The first-order chi connectivity index (χ1) is 7.34. The zero-order valence-corrected chi connectivity index (χ0v) is 9.09. The van der Waals surface area contributed by atoms with Crippen molar-refractivity contribution in [3.8, 4) is 0 Å². The van der Waals surface area contributed by atoms with Gasteiger partial charge in [-0.2, -0.15) is 0 Å². The highest BCUT2D eigenvalue weighted by molar-refractivity contribution is 7.09. The maximum Gasteiger partial charge on any atom is 0.231 e. The number of rotatable bonds is 3. The first-order valence-corrected chi connectivity index (χ1v) is 5.77. The van der Waals surface area contributed by atoms with Crippen LogP contribution in [0.1, 0.15) is 19.3 Å². The molecule has 0 bridgehead atoms. The van der Waals surface area contributed by atoms with Crippen LogP contribution in [0, 0.1) is 5.92 Å². The summed E-state index contributed by atoms with van der Waals surface area (Å²) in [5.74, 6) is 0.446. The second-order valence-electron chi connectivity index (χ2n) is 3.63. The molecule has 1 aromatic heterocycles. The predicted octanol–water partition coefficient (Wildman–Crippen LogP) is 0.261. The Kier molecular flexibility index (Phi) is 3.57. The number of hydrogen-bond donors (Lipinski definition) is 2. The van der Waals surface area contributed by atoms with Gasteiger partial charge in [0.15, 0.2) is 0 Å². The topological polar surface area (TPSA) is 79.8 Å². The average Bonchev–Trinajstić information content (AvgIpc) is 2.71. The van der Waals surface area contributed by atoms with Crippen molar-refractivity contribution in [3.05, 3.63) is 0 Å². The number of nitrogens with one attached hydrogen (secondary N) is 2. The maximum absolute atomic E-state index is 11.6. The Bertz CT molecular complexity index is 309. The smallest absolute Gasteiger partial charge is 0.231 e. The summed E-state index contributed by atoms with van der Waals surface area (Å²) < 4.78 is 3.58. The molecule has 1 saturated heterocycles. The SMILES string of the molecule is O=C(CC1CCCNC1)Nc1nnns1. The normalized spacial score (nSPS) is 21.2. The lowest BCUT2D eigenvalue weighted by atomic mass is 9.96. The van der Waals surface area contributed by atoms with E-state index in [9.17, 15) is 4.79 Å². The highest BCUT2D eigenvalue weighted by atomic mass is 32.1. The summed E-state index contributed by atoms with van der Waals surface area (Å²) >= 11 is 1.09. The summed E-state index contributed by atoms with van der Waals surface area (Å²) in [5, 5.41) is 13.5. The maximum atomic E-state index is 11.6. The second-order valence-corrected chi connectivity index (χ2v) is 4.36. The first-order valence-electron chi connectivity index (χ1n) is 5.00. The van der Waals surface area contributed by atoms with Crippen molar-refractivity contribution >= 4 is 22.6 Å². The Morgan fingerprint density at radius 2 is 2.60 bits per heavy atom. The third kappa shape index (κ3) is 3.21. The molecule has 0 saturated carbocycles. The number of carbonyl (C=O) groups is 1. The fourth-order valence-corrected chi connectivity index (χ4v) is 2.10. The lowest BCUT2D eigenvalue weighted by molar-refractivity contribution is -0.117. The minimum atomic E-state index is 0.00208. The lowest BCUT2D eigenvalue weighted by Crippen LogP contribution is -2.32. The Balaban J connectivity index is 1.76. The average molecular weight is 227 g/mol. The third-order valence-corrected chi connectivity index (χ3v) is 2.93. The van der Waals surface area contributed by atoms with Gasteiger partial charge in [0.2, 0.25) is 11.0 Å². The predicted molar refractivity (Wildman–Crippen MR) is 56.5 cm³/mol. The van der Waals surface area contributed by atoms with Crippen molar-refractivity contribution in [2.24, 2.45) is 5.92 Å². The first kappa shape index (κ1) is 10.4. The largest absolute Gasteiger partial charge is 0.316 e. The molecule has 6 nitrogen and oxygen atoms in total. The van der Waals surface area contributed by atoms with Gasteiger partial charge < -0.3 is 5.32 Å². The monoisotopic (exact) mass is 227 g/mol. The van der Waals surface area contributed by atoms with Crippen LogP contribution in [-0.2, 0) is 4.79 Å². The molecule has 2 heterocycles. The molecule has 2 N–H and O–H groups in total. The highest BCUT2D eigenvalue weighted by Gasteiger charge is 2.17. The van der Waals surface area contributed by atoms with Gasteiger partial charge in [0, 0.05) is 18.0 Å². The number of carbonyl (C=O) groups excluding carboxylic acids is 1. The van der Waals surface area contributed by atoms with Crippen LogP contribution >= 0.6 is 11.5 Å². The molecule has 0 spiro atoms. The van der Waals surface area contributed by atoms with E-state index in [4.69, 9.17) is 0 Å². The van der Waals surface area contributed by atoms with Crippen LogP contribution in [0.15, 0.2) is 0 Å². The molecule has 15 heavy (non-hydrogen) atoms. The van der Waals surface area contributed by atoms with Gasteiger partial charge in [-0.3, -0.25) is 10.1 Å². The number of anilines is 1. The lowest BCUT2D eigenvalue weighted by Gasteiger charge is -2.21. The minimum Gasteiger partial charge on any atom is -0.316 e. The van der Waals surface area contributed by atoms with Crippen LogP contribution in [0.3, 0.4) is 0 Å². The fraction of sp³-hybridized carbons (Fsp3) is 0.750. The van der Waals surface area contributed by atoms with E-state index < -0.39 is 0 Å². The van der Waals surface area contributed by atoms with Crippen molar-refractivity contribution in [2.75, 3.05) is 18.4 Å². The van der Waals surface area contributed by atoms with Crippen molar-refractivity contribution in [3.63, 3.8) is 0 Å². The van der Waals surface area contributed by atoms with E-state index in [1.54, 1.807) is 0 Å². The van der Waals surface area contributed by atoms with E-state index in [2.05, 4.69) is 25.4 Å². The standard InChI is InChI=1S/C8H13N5OS/c14-7(10-8-11-12-13-15-8)4-6-2-1-3-9-5-6/h6,9H,1-5H2,(H,10,11,13,14). The van der Waals surface area contributed by atoms with E-state index in [-0.39, 0.29) is 5.91 Å². The molecule has 1 amide bonds. The van der Waals surface area contributed by atoms with Crippen LogP contribution in [0.5, 0.6) is 0 Å². The number of piperidine rings is 1. The van der Waals surface area contributed by atoms with Gasteiger partial charge >= 0.3 is 0 Å². The Morgan fingerprint density at radius 1 is 1.67 bits per heavy atom. The van der Waals surface area contributed by atoms with Crippen molar-refractivity contribution in [2.45, 2.75) is 19.3 Å². The summed E-state index contributed by atoms with van der Waals surface area (Å²) in [6, 6.07) is 0. The molecule has 1 aromatic rings. The molecule has 1 aliphatic rings. The van der Waals surface area contributed by atoms with E-state index >= 15 is 0 Å². The minimum absolute atomic E-state index is 0.00208. The van der Waals surface area contributed by atoms with Gasteiger partial charge in [-0.15, -0.1) is 0 Å². The third-order valence-electron chi connectivity index (χ3n) is 2.42. The van der Waals surface area contributed by atoms with E-state index in [1.165, 1.54) is 0 Å². The van der Waals surface area contributed by atoms with Gasteiger partial charge in [0.1, 0.15) is 0 Å². The zero-order valence-electron chi connectivity index (χ0n) is 8.27. The quantitative estimate of drug-likeness (QED) is 0.774. The van der Waals surface area contributed by atoms with Gasteiger partial charge in [0.25, 0.3) is 0 Å². The molecular weight excluding hydrogens is 214 g/mol. The molecule has 1 atom stereocenters. The summed E-state index contributed by atoms with van der Waals surface area (Å²) in [6.07, 6.45) is 2.82. The van der Waals surface area contributed by atoms with E-state index in [0.717, 1.165) is 37.5 Å². The number of nitrogens with zero attached hydrogens (tertiary/aromatic N) is 3. The van der Waals surface area contributed by atoms with Crippen molar-refractivity contribution < 1.29 is 4.79 Å². The van der Waals surface area contributed by atoms with Crippen molar-refractivity contribution in [1.82, 2.24) is 20.1 Å². The zero-order chi connectivity index (χ0) is 10.5. The van der Waals surface area contributed by atoms with Crippen molar-refractivity contribution in [1.29, 1.82) is 0 Å². The molecule has 0 aromatic carbocycles. The summed E-state index contributed by atoms with van der Waals surface area (Å²) in [7, 11) is 0. The number of hydrogen-bond acceptors (Lipinski definition) is 6. The Labute approximate surface area is 91.6 Å². The van der Waals surface area contributed by atoms with Crippen LogP contribution in [0.25, 0.3) is 0 Å². The molecule has 0 radical (unpaired) electrons. The Hall–Kier alpha value is -1.08. The van der Waals surface area contributed by atoms with Gasteiger partial charge in [-0.1, -0.05) is 9.59 Å². The summed E-state index contributed by atoms with van der Waals surface area (Å²) in [5.41, 5.74) is 0. The molecule has 2 rings (SSSR count). The molecule has 82 valence electrons. The number of amides is 1. The molecule has 0 aliphatic carbocycles. The van der Waals surface area contributed by atoms with Crippen LogP contribution in [0.2, 0.25) is 0 Å². The summed E-state index contributed by atoms with van der Waals surface area (Å²) in [6.45, 7) is 2.00. The molecule has 1 fully saturated rings. The van der Waals surface area contributed by atoms with Gasteiger partial charge in [-0.25, -0.2) is 0 Å². The Morgan fingerprint density at radius 3 is 3.27 bits per heavy atom. The van der Waals surface area contributed by atoms with Crippen LogP contribution in [0.4, 0.5) is 5.13 Å². The molecule has 1 aliphatic heterocycles. The van der Waals surface area contributed by atoms with Gasteiger partial charge in [-0.05, 0) is 37.1 Å². The highest BCUT2D eigenvalue weighted by Crippen LogP contribution is 2.15. The molecular formula is C8H13N5OS. The van der Waals surface area contributed by atoms with Gasteiger partial charge in [0.05, 0.1) is 0 Å². The fourth-order valence-electron chi connectivity index (χ4n) is 1.71.